The van der Waals surface area contributed by atoms with E-state index in [9.17, 15) is 14.4 Å². The Morgan fingerprint density at radius 3 is 2.50 bits per heavy atom. The second-order valence-corrected chi connectivity index (χ2v) is 12.5. The quantitative estimate of drug-likeness (QED) is 0.278. The van der Waals surface area contributed by atoms with Gasteiger partial charge in [-0.25, -0.2) is 4.99 Å². The molecular formula is C35H39N5O5S. The maximum Gasteiger partial charge on any atom is 0.271 e. The number of aromatic nitrogens is 2. The molecule has 1 fully saturated rings. The molecule has 0 aliphatic carbocycles. The van der Waals surface area contributed by atoms with Gasteiger partial charge in [0.05, 0.1) is 30.0 Å². The molecule has 0 saturated carbocycles. The molecule has 2 aliphatic rings. The summed E-state index contributed by atoms with van der Waals surface area (Å²) in [5, 5.41) is 0.946. The number of allylic oxidation sites excluding steroid dienone is 1. The second kappa shape index (κ2) is 13.0. The number of rotatable bonds is 9. The lowest BCUT2D eigenvalue weighted by molar-refractivity contribution is -0.130. The van der Waals surface area contributed by atoms with Gasteiger partial charge in [-0.05, 0) is 64.0 Å². The van der Waals surface area contributed by atoms with Crippen LogP contribution in [0.5, 0.6) is 11.5 Å². The summed E-state index contributed by atoms with van der Waals surface area (Å²) in [6, 6.07) is 12.5. The first-order valence-corrected chi connectivity index (χ1v) is 16.5. The number of nitrogens with zero attached hydrogens (tertiary/aromatic N) is 5. The highest BCUT2D eigenvalue weighted by molar-refractivity contribution is 7.07. The van der Waals surface area contributed by atoms with Crippen molar-refractivity contribution in [1.82, 2.24) is 18.9 Å². The van der Waals surface area contributed by atoms with E-state index in [2.05, 4.69) is 0 Å². The van der Waals surface area contributed by atoms with Gasteiger partial charge in [-0.3, -0.25) is 19.0 Å². The number of carbonyl (C=O) groups is 2. The van der Waals surface area contributed by atoms with Gasteiger partial charge >= 0.3 is 0 Å². The minimum Gasteiger partial charge on any atom is -0.497 e. The SMILES string of the molecule is CCN(CC)C(=O)C1=C(C)N=c2s/c(=C\c3cn(CC(=O)N4CCCC4)c4ccccc34)c(=O)n2[C@@H]1c1cc(OC)ccc1OC. The van der Waals surface area contributed by atoms with Crippen LogP contribution in [0.2, 0.25) is 0 Å². The van der Waals surface area contributed by atoms with Gasteiger partial charge in [-0.1, -0.05) is 29.5 Å². The van der Waals surface area contributed by atoms with Crippen LogP contribution in [0.15, 0.2) is 69.7 Å². The zero-order valence-electron chi connectivity index (χ0n) is 26.9. The molecule has 1 saturated heterocycles. The van der Waals surface area contributed by atoms with E-state index in [0.717, 1.165) is 42.4 Å². The molecule has 0 bridgehead atoms. The largest absolute Gasteiger partial charge is 0.497 e. The zero-order chi connectivity index (χ0) is 32.5. The lowest BCUT2D eigenvalue weighted by Crippen LogP contribution is -2.43. The van der Waals surface area contributed by atoms with Gasteiger partial charge in [-0.15, -0.1) is 0 Å². The Morgan fingerprint density at radius 1 is 1.07 bits per heavy atom. The monoisotopic (exact) mass is 641 g/mol. The zero-order valence-corrected chi connectivity index (χ0v) is 27.7. The highest BCUT2D eigenvalue weighted by Crippen LogP contribution is 2.38. The molecule has 2 amide bonds. The summed E-state index contributed by atoms with van der Waals surface area (Å²) in [5.41, 5.74) is 3.11. The van der Waals surface area contributed by atoms with Gasteiger partial charge in [0.25, 0.3) is 11.5 Å². The summed E-state index contributed by atoms with van der Waals surface area (Å²) >= 11 is 1.28. The lowest BCUT2D eigenvalue weighted by atomic mass is 9.93. The normalized spacial score (nSPS) is 16.5. The Bertz CT molecular complexity index is 2030. The molecule has 0 unspecified atom stereocenters. The highest BCUT2D eigenvalue weighted by Gasteiger charge is 2.36. The summed E-state index contributed by atoms with van der Waals surface area (Å²) in [7, 11) is 3.15. The van der Waals surface area contributed by atoms with E-state index in [0.29, 0.717) is 50.8 Å². The number of thiazole rings is 1. The van der Waals surface area contributed by atoms with Crippen molar-refractivity contribution in [2.75, 3.05) is 40.4 Å². The second-order valence-electron chi connectivity index (χ2n) is 11.5. The number of ether oxygens (including phenoxy) is 2. The molecule has 0 radical (unpaired) electrons. The van der Waals surface area contributed by atoms with E-state index >= 15 is 0 Å². The summed E-state index contributed by atoms with van der Waals surface area (Å²) in [4.78, 5) is 50.5. The number of hydrogen-bond acceptors (Lipinski definition) is 7. The third-order valence-electron chi connectivity index (χ3n) is 8.90. The number of likely N-dealkylation sites (tertiary alicyclic amines) is 1. The summed E-state index contributed by atoms with van der Waals surface area (Å²) < 4.78 is 15.4. The van der Waals surface area contributed by atoms with Crippen molar-refractivity contribution in [2.45, 2.75) is 46.2 Å². The Morgan fingerprint density at radius 2 is 1.80 bits per heavy atom. The Kier molecular flexibility index (Phi) is 8.86. The van der Waals surface area contributed by atoms with Crippen LogP contribution in [0.1, 0.15) is 50.8 Å². The first-order valence-electron chi connectivity index (χ1n) is 15.7. The van der Waals surface area contributed by atoms with Crippen LogP contribution in [-0.4, -0.2) is 71.1 Å². The van der Waals surface area contributed by atoms with Crippen LogP contribution in [-0.2, 0) is 16.1 Å². The maximum absolute atomic E-state index is 14.4. The molecule has 1 atom stereocenters. The topological polar surface area (TPSA) is 98.4 Å². The number of para-hydroxylation sites is 1. The first-order chi connectivity index (χ1) is 22.3. The first kappa shape index (κ1) is 31.3. The van der Waals surface area contributed by atoms with E-state index in [1.165, 1.54) is 11.3 Å². The van der Waals surface area contributed by atoms with E-state index in [1.54, 1.807) is 35.8 Å². The van der Waals surface area contributed by atoms with Crippen LogP contribution in [0.25, 0.3) is 17.0 Å². The van der Waals surface area contributed by atoms with Crippen LogP contribution in [0.3, 0.4) is 0 Å². The molecule has 6 rings (SSSR count). The summed E-state index contributed by atoms with van der Waals surface area (Å²) in [6.07, 6.45) is 5.89. The van der Waals surface area contributed by atoms with Gasteiger partial charge in [0.1, 0.15) is 24.1 Å². The van der Waals surface area contributed by atoms with Gasteiger partial charge in [0, 0.05) is 54.4 Å². The lowest BCUT2D eigenvalue weighted by Gasteiger charge is -2.30. The minimum atomic E-state index is -0.782. The number of methoxy groups -OCH3 is 2. The van der Waals surface area contributed by atoms with Crippen LogP contribution < -0.4 is 24.4 Å². The average molecular weight is 642 g/mol. The van der Waals surface area contributed by atoms with Crippen molar-refractivity contribution in [2.24, 2.45) is 4.99 Å². The smallest absolute Gasteiger partial charge is 0.271 e. The fourth-order valence-electron chi connectivity index (χ4n) is 6.50. The molecule has 2 aliphatic heterocycles. The van der Waals surface area contributed by atoms with Crippen molar-refractivity contribution in [3.63, 3.8) is 0 Å². The summed E-state index contributed by atoms with van der Waals surface area (Å²) in [6.45, 7) is 8.55. The molecular weight excluding hydrogens is 602 g/mol. The molecule has 46 heavy (non-hydrogen) atoms. The molecule has 240 valence electrons. The highest BCUT2D eigenvalue weighted by atomic mass is 32.1. The van der Waals surface area contributed by atoms with Gasteiger partial charge in [0.2, 0.25) is 5.91 Å². The number of benzene rings is 2. The summed E-state index contributed by atoms with van der Waals surface area (Å²) in [5.74, 6) is 1.03. The Balaban J connectivity index is 1.53. The van der Waals surface area contributed by atoms with E-state index < -0.39 is 6.04 Å². The molecule has 4 aromatic rings. The van der Waals surface area contributed by atoms with Crippen LogP contribution in [0.4, 0.5) is 0 Å². The van der Waals surface area contributed by atoms with Crippen molar-refractivity contribution < 1.29 is 19.1 Å². The molecule has 0 N–H and O–H groups in total. The van der Waals surface area contributed by atoms with Gasteiger partial charge in [0.15, 0.2) is 4.80 Å². The molecule has 10 nitrogen and oxygen atoms in total. The molecule has 4 heterocycles. The van der Waals surface area contributed by atoms with Crippen molar-refractivity contribution in [1.29, 1.82) is 0 Å². The van der Waals surface area contributed by atoms with Crippen LogP contribution >= 0.6 is 11.3 Å². The Labute approximate surface area is 271 Å². The fraction of sp³-hybridized carbons (Fsp3) is 0.371. The van der Waals surface area contributed by atoms with E-state index in [-0.39, 0.29) is 23.9 Å². The van der Waals surface area contributed by atoms with Gasteiger partial charge < -0.3 is 23.8 Å². The van der Waals surface area contributed by atoms with E-state index in [4.69, 9.17) is 14.5 Å². The van der Waals surface area contributed by atoms with E-state index in [1.807, 2.05) is 72.8 Å². The molecule has 2 aromatic carbocycles. The predicted molar refractivity (Wildman–Crippen MR) is 179 cm³/mol. The number of fused-ring (bicyclic) bond motifs is 2. The van der Waals surface area contributed by atoms with Crippen molar-refractivity contribution in [3.05, 3.63) is 90.7 Å². The number of amides is 2. The third-order valence-corrected chi connectivity index (χ3v) is 9.89. The number of hydrogen-bond donors (Lipinski definition) is 0. The maximum atomic E-state index is 14.4. The fourth-order valence-corrected chi connectivity index (χ4v) is 7.54. The van der Waals surface area contributed by atoms with Crippen molar-refractivity contribution >= 4 is 40.1 Å². The third kappa shape index (κ3) is 5.53. The average Bonchev–Trinajstić information content (AvgIpc) is 3.80. The van der Waals surface area contributed by atoms with Crippen molar-refractivity contribution in [3.8, 4) is 11.5 Å². The van der Waals surface area contributed by atoms with Crippen LogP contribution in [0, 0.1) is 0 Å². The minimum absolute atomic E-state index is 0.0947. The standard InChI is InChI=1S/C35H39N5O5S/c1-6-37(7-2)34(43)31-22(3)36-35-40(32(31)26-19-24(44-4)14-15-28(26)45-5)33(42)29(46-35)18-23-20-39(27-13-9-8-12-25(23)27)21-30(41)38-16-10-11-17-38/h8-9,12-15,18-20,32H,6-7,10-11,16-17,21H2,1-5H3/b29-18-/t32-/m1/s1. The predicted octanol–water partition coefficient (Wildman–Crippen LogP) is 3.70. The van der Waals surface area contributed by atoms with Gasteiger partial charge in [-0.2, -0.15) is 0 Å². The Hall–Kier alpha value is -4.64. The molecule has 2 aromatic heterocycles. The number of likely N-dealkylation sites (N-methyl/N-ethyl adjacent to an activating group) is 1. The number of carbonyl (C=O) groups excluding carboxylic acids is 2. The molecule has 11 heteroatoms. The molecule has 0 spiro atoms.